The minimum absolute atomic E-state index is 0.756. The van der Waals surface area contributed by atoms with E-state index in [9.17, 15) is 0 Å². The Morgan fingerprint density at radius 2 is 1.60 bits per heavy atom. The van der Waals surface area contributed by atoms with E-state index < -0.39 is 0 Å². The van der Waals surface area contributed by atoms with Gasteiger partial charge in [0.1, 0.15) is 0 Å². The Hall–Kier alpha value is -0.480. The molecule has 1 nitrogen and oxygen atoms in total. The SMILES string of the molecule is CNCC#CC1C2CC3CC(C2)CC1C3. The van der Waals surface area contributed by atoms with Crippen LogP contribution in [0.3, 0.4) is 0 Å². The molecule has 4 rings (SSSR count). The molecule has 0 radical (unpaired) electrons. The van der Waals surface area contributed by atoms with E-state index in [1.54, 1.807) is 6.42 Å². The summed E-state index contributed by atoms with van der Waals surface area (Å²) in [5.74, 6) is 11.7. The molecule has 0 saturated heterocycles. The summed E-state index contributed by atoms with van der Waals surface area (Å²) in [5, 5.41) is 3.12. The van der Waals surface area contributed by atoms with Crippen LogP contribution in [0.2, 0.25) is 0 Å². The van der Waals surface area contributed by atoms with Crippen molar-refractivity contribution in [3.8, 4) is 11.8 Å². The summed E-state index contributed by atoms with van der Waals surface area (Å²) < 4.78 is 0. The molecule has 0 atom stereocenters. The van der Waals surface area contributed by atoms with Gasteiger partial charge < -0.3 is 5.32 Å². The second kappa shape index (κ2) is 3.83. The van der Waals surface area contributed by atoms with Crippen LogP contribution in [-0.4, -0.2) is 13.6 Å². The van der Waals surface area contributed by atoms with Crippen LogP contribution in [0.5, 0.6) is 0 Å². The smallest absolute Gasteiger partial charge is 0.0574 e. The van der Waals surface area contributed by atoms with Crippen LogP contribution in [0, 0.1) is 41.4 Å². The molecule has 0 aliphatic heterocycles. The monoisotopic (exact) mass is 203 g/mol. The Balaban J connectivity index is 1.73. The Bertz CT molecular complexity index is 268. The highest BCUT2D eigenvalue weighted by atomic mass is 14.8. The van der Waals surface area contributed by atoms with Crippen molar-refractivity contribution in [2.24, 2.45) is 29.6 Å². The van der Waals surface area contributed by atoms with Crippen molar-refractivity contribution >= 4 is 0 Å². The first-order valence-electron chi connectivity index (χ1n) is 6.49. The van der Waals surface area contributed by atoms with Crippen molar-refractivity contribution in [2.45, 2.75) is 32.1 Å². The van der Waals surface area contributed by atoms with Crippen LogP contribution >= 0.6 is 0 Å². The number of rotatable bonds is 1. The van der Waals surface area contributed by atoms with Gasteiger partial charge in [0.15, 0.2) is 0 Å². The van der Waals surface area contributed by atoms with E-state index in [4.69, 9.17) is 0 Å². The van der Waals surface area contributed by atoms with Gasteiger partial charge in [-0.1, -0.05) is 11.8 Å². The third kappa shape index (κ3) is 1.70. The molecule has 1 N–H and O–H groups in total. The van der Waals surface area contributed by atoms with Crippen LogP contribution in [0.15, 0.2) is 0 Å². The van der Waals surface area contributed by atoms with Gasteiger partial charge in [-0.3, -0.25) is 0 Å². The van der Waals surface area contributed by atoms with Gasteiger partial charge in [0.05, 0.1) is 6.54 Å². The quantitative estimate of drug-likeness (QED) is 0.645. The Morgan fingerprint density at radius 1 is 1.00 bits per heavy atom. The summed E-state index contributed by atoms with van der Waals surface area (Å²) in [5.41, 5.74) is 0. The maximum atomic E-state index is 3.55. The highest BCUT2D eigenvalue weighted by molar-refractivity contribution is 5.13. The molecule has 1 heteroatoms. The first-order chi connectivity index (χ1) is 7.36. The zero-order chi connectivity index (χ0) is 10.3. The fourth-order valence-electron chi connectivity index (χ4n) is 4.42. The maximum Gasteiger partial charge on any atom is 0.0574 e. The molecule has 4 bridgehead atoms. The van der Waals surface area contributed by atoms with Gasteiger partial charge in [0.2, 0.25) is 0 Å². The van der Waals surface area contributed by atoms with Gasteiger partial charge >= 0.3 is 0 Å². The second-order valence-electron chi connectivity index (χ2n) is 5.81. The highest BCUT2D eigenvalue weighted by Gasteiger charge is 2.47. The fraction of sp³-hybridized carbons (Fsp3) is 0.857. The standard InChI is InChI=1S/C14H21N/c1-15-4-2-3-14-12-6-10-5-11(8-12)9-13(14)7-10/h10-15H,4-9H2,1H3. The Kier molecular flexibility index (Phi) is 2.48. The predicted molar refractivity (Wildman–Crippen MR) is 62.2 cm³/mol. The first kappa shape index (κ1) is 9.73. The largest absolute Gasteiger partial charge is 0.309 e. The molecule has 0 spiro atoms. The molecule has 0 aromatic heterocycles. The lowest BCUT2D eigenvalue weighted by atomic mass is 9.52. The zero-order valence-electron chi connectivity index (χ0n) is 9.63. The third-order valence-electron chi connectivity index (χ3n) is 4.76. The van der Waals surface area contributed by atoms with Gasteiger partial charge in [-0.15, -0.1) is 0 Å². The first-order valence-corrected chi connectivity index (χ1v) is 6.49. The molecule has 4 fully saturated rings. The highest BCUT2D eigenvalue weighted by Crippen LogP contribution is 2.56. The lowest BCUT2D eigenvalue weighted by Gasteiger charge is -2.52. The minimum atomic E-state index is 0.756. The molecule has 0 amide bonds. The van der Waals surface area contributed by atoms with Crippen molar-refractivity contribution in [3.63, 3.8) is 0 Å². The number of hydrogen-bond donors (Lipinski definition) is 1. The van der Waals surface area contributed by atoms with E-state index in [0.717, 1.165) is 36.1 Å². The van der Waals surface area contributed by atoms with Crippen LogP contribution < -0.4 is 5.32 Å². The van der Waals surface area contributed by atoms with Crippen molar-refractivity contribution in [1.82, 2.24) is 5.32 Å². The lowest BCUT2D eigenvalue weighted by Crippen LogP contribution is -2.44. The molecule has 15 heavy (non-hydrogen) atoms. The summed E-state index contributed by atoms with van der Waals surface area (Å²) >= 11 is 0. The normalized spacial score (nSPS) is 46.3. The molecular weight excluding hydrogens is 182 g/mol. The summed E-state index contributed by atoms with van der Waals surface area (Å²) in [4.78, 5) is 0. The molecule has 4 aliphatic carbocycles. The molecule has 4 aliphatic rings. The van der Waals surface area contributed by atoms with Gasteiger partial charge in [-0.25, -0.2) is 0 Å². The lowest BCUT2D eigenvalue weighted by molar-refractivity contribution is -0.0123. The maximum absolute atomic E-state index is 3.55. The minimum Gasteiger partial charge on any atom is -0.309 e. The fourth-order valence-corrected chi connectivity index (χ4v) is 4.42. The van der Waals surface area contributed by atoms with E-state index >= 15 is 0 Å². The average Bonchev–Trinajstić information content (AvgIpc) is 2.21. The summed E-state index contributed by atoms with van der Waals surface area (Å²) in [6.07, 6.45) is 7.51. The second-order valence-corrected chi connectivity index (χ2v) is 5.81. The number of nitrogens with one attached hydrogen (secondary N) is 1. The van der Waals surface area contributed by atoms with Crippen molar-refractivity contribution in [2.75, 3.05) is 13.6 Å². The molecule has 82 valence electrons. The summed E-state index contributed by atoms with van der Waals surface area (Å²) in [6.45, 7) is 0.864. The van der Waals surface area contributed by atoms with E-state index in [0.29, 0.717) is 0 Å². The van der Waals surface area contributed by atoms with E-state index in [1.165, 1.54) is 25.7 Å². The molecule has 0 aromatic carbocycles. The van der Waals surface area contributed by atoms with Crippen molar-refractivity contribution in [3.05, 3.63) is 0 Å². The van der Waals surface area contributed by atoms with Gasteiger partial charge in [0.25, 0.3) is 0 Å². The molecule has 4 saturated carbocycles. The van der Waals surface area contributed by atoms with Crippen LogP contribution in [0.25, 0.3) is 0 Å². The zero-order valence-corrected chi connectivity index (χ0v) is 9.63. The summed E-state index contributed by atoms with van der Waals surface area (Å²) in [7, 11) is 1.98. The predicted octanol–water partition coefficient (Wildman–Crippen LogP) is 2.28. The average molecular weight is 203 g/mol. The molecule has 0 unspecified atom stereocenters. The van der Waals surface area contributed by atoms with E-state index in [2.05, 4.69) is 17.2 Å². The van der Waals surface area contributed by atoms with E-state index in [-0.39, 0.29) is 0 Å². The van der Waals surface area contributed by atoms with Crippen LogP contribution in [0.4, 0.5) is 0 Å². The molecular formula is C14H21N. The summed E-state index contributed by atoms with van der Waals surface area (Å²) in [6, 6.07) is 0. The Morgan fingerprint density at radius 3 is 2.13 bits per heavy atom. The van der Waals surface area contributed by atoms with Crippen molar-refractivity contribution < 1.29 is 0 Å². The van der Waals surface area contributed by atoms with Gasteiger partial charge in [0, 0.05) is 5.92 Å². The van der Waals surface area contributed by atoms with Gasteiger partial charge in [-0.2, -0.15) is 0 Å². The third-order valence-corrected chi connectivity index (χ3v) is 4.76. The topological polar surface area (TPSA) is 12.0 Å². The molecule has 0 aromatic rings. The van der Waals surface area contributed by atoms with Crippen LogP contribution in [0.1, 0.15) is 32.1 Å². The van der Waals surface area contributed by atoms with Crippen molar-refractivity contribution in [1.29, 1.82) is 0 Å². The Labute approximate surface area is 93.0 Å². The van der Waals surface area contributed by atoms with E-state index in [1.807, 2.05) is 7.05 Å². The van der Waals surface area contributed by atoms with Crippen LogP contribution in [-0.2, 0) is 0 Å². The molecule has 0 heterocycles. The van der Waals surface area contributed by atoms with Gasteiger partial charge in [-0.05, 0) is 62.8 Å². The number of hydrogen-bond acceptors (Lipinski definition) is 1.